The van der Waals surface area contributed by atoms with Gasteiger partial charge in [-0.05, 0) is 26.2 Å². The van der Waals surface area contributed by atoms with Crippen molar-refractivity contribution < 1.29 is 9.90 Å². The van der Waals surface area contributed by atoms with Crippen LogP contribution in [-0.2, 0) is 4.79 Å². The van der Waals surface area contributed by atoms with Gasteiger partial charge in [-0.1, -0.05) is 38.7 Å². The molecule has 0 amide bonds. The average Bonchev–Trinajstić information content (AvgIpc) is 2.17. The summed E-state index contributed by atoms with van der Waals surface area (Å²) in [4.78, 5) is 10.7. The highest BCUT2D eigenvalue weighted by Crippen LogP contribution is 2.17. The molecule has 0 aliphatic carbocycles. The largest absolute Gasteiger partial charge is 0.478 e. The fourth-order valence-corrected chi connectivity index (χ4v) is 1.55. The van der Waals surface area contributed by atoms with E-state index in [4.69, 9.17) is 5.11 Å². The number of allylic oxidation sites excluding steroid dienone is 1. The predicted molar refractivity (Wildman–Crippen MR) is 59.4 cm³/mol. The highest BCUT2D eigenvalue weighted by Gasteiger charge is 2.06. The topological polar surface area (TPSA) is 37.3 Å². The van der Waals surface area contributed by atoms with Crippen LogP contribution in [0.25, 0.3) is 0 Å². The Kier molecular flexibility index (Phi) is 7.17. The SMILES string of the molecule is CCCCCCC(CC)=C(C)C(=O)O. The Morgan fingerprint density at radius 3 is 2.21 bits per heavy atom. The van der Waals surface area contributed by atoms with Gasteiger partial charge in [0.25, 0.3) is 0 Å². The molecular weight excluding hydrogens is 176 g/mol. The molecule has 14 heavy (non-hydrogen) atoms. The minimum Gasteiger partial charge on any atom is -0.478 e. The summed E-state index contributed by atoms with van der Waals surface area (Å²) in [5.41, 5.74) is 1.65. The fourth-order valence-electron chi connectivity index (χ4n) is 1.55. The molecular formula is C12H22O2. The van der Waals surface area contributed by atoms with Gasteiger partial charge in [0.1, 0.15) is 0 Å². The van der Waals surface area contributed by atoms with Gasteiger partial charge in [-0.2, -0.15) is 0 Å². The van der Waals surface area contributed by atoms with Crippen molar-refractivity contribution in [1.29, 1.82) is 0 Å². The van der Waals surface area contributed by atoms with Gasteiger partial charge in [0, 0.05) is 5.57 Å². The third kappa shape index (κ3) is 5.05. The van der Waals surface area contributed by atoms with Crippen LogP contribution in [-0.4, -0.2) is 11.1 Å². The summed E-state index contributed by atoms with van der Waals surface area (Å²) in [6.45, 7) is 5.92. The number of carboxylic acid groups (broad SMARTS) is 1. The molecule has 0 aromatic carbocycles. The first-order chi connectivity index (χ1) is 6.63. The highest BCUT2D eigenvalue weighted by atomic mass is 16.4. The molecule has 82 valence electrons. The van der Waals surface area contributed by atoms with Gasteiger partial charge < -0.3 is 5.11 Å². The number of aliphatic carboxylic acids is 1. The average molecular weight is 198 g/mol. The zero-order valence-electron chi connectivity index (χ0n) is 9.60. The maximum absolute atomic E-state index is 10.7. The highest BCUT2D eigenvalue weighted by molar-refractivity contribution is 5.86. The molecule has 0 fully saturated rings. The lowest BCUT2D eigenvalue weighted by Gasteiger charge is -2.06. The summed E-state index contributed by atoms with van der Waals surface area (Å²) >= 11 is 0. The fraction of sp³-hybridized carbons (Fsp3) is 0.750. The molecule has 0 aliphatic heterocycles. The molecule has 0 spiro atoms. The van der Waals surface area contributed by atoms with Gasteiger partial charge in [0.2, 0.25) is 0 Å². The number of rotatable bonds is 7. The van der Waals surface area contributed by atoms with Crippen molar-refractivity contribution in [2.24, 2.45) is 0 Å². The first kappa shape index (κ1) is 13.2. The lowest BCUT2D eigenvalue weighted by Crippen LogP contribution is -2.01. The van der Waals surface area contributed by atoms with Crippen molar-refractivity contribution >= 4 is 5.97 Å². The quantitative estimate of drug-likeness (QED) is 0.499. The Morgan fingerprint density at radius 2 is 1.79 bits per heavy atom. The Labute approximate surface area is 87.0 Å². The monoisotopic (exact) mass is 198 g/mol. The number of hydrogen-bond donors (Lipinski definition) is 1. The second kappa shape index (κ2) is 7.60. The first-order valence-corrected chi connectivity index (χ1v) is 5.55. The van der Waals surface area contributed by atoms with Gasteiger partial charge in [-0.15, -0.1) is 0 Å². The van der Waals surface area contributed by atoms with Crippen molar-refractivity contribution in [3.63, 3.8) is 0 Å². The van der Waals surface area contributed by atoms with Crippen LogP contribution < -0.4 is 0 Å². The summed E-state index contributed by atoms with van der Waals surface area (Å²) in [5.74, 6) is -0.766. The Bertz CT molecular complexity index is 204. The van der Waals surface area contributed by atoms with E-state index in [1.165, 1.54) is 19.3 Å². The first-order valence-electron chi connectivity index (χ1n) is 5.55. The van der Waals surface area contributed by atoms with Crippen LogP contribution in [0.4, 0.5) is 0 Å². The molecule has 0 aromatic rings. The standard InChI is InChI=1S/C12H22O2/c1-4-6-7-8-9-11(5-2)10(3)12(13)14/h4-9H2,1-3H3,(H,13,14). The molecule has 0 bridgehead atoms. The van der Waals surface area contributed by atoms with Crippen molar-refractivity contribution in [2.45, 2.75) is 59.3 Å². The smallest absolute Gasteiger partial charge is 0.331 e. The molecule has 1 N–H and O–H groups in total. The van der Waals surface area contributed by atoms with Gasteiger partial charge >= 0.3 is 5.97 Å². The number of unbranched alkanes of at least 4 members (excludes halogenated alkanes) is 3. The predicted octanol–water partition coefficient (Wildman–Crippen LogP) is 3.77. The van der Waals surface area contributed by atoms with Crippen LogP contribution in [0, 0.1) is 0 Å². The van der Waals surface area contributed by atoms with Crippen LogP contribution in [0.1, 0.15) is 59.3 Å². The van der Waals surface area contributed by atoms with E-state index in [-0.39, 0.29) is 0 Å². The maximum Gasteiger partial charge on any atom is 0.331 e. The summed E-state index contributed by atoms with van der Waals surface area (Å²) in [6, 6.07) is 0. The number of hydrogen-bond acceptors (Lipinski definition) is 1. The van der Waals surface area contributed by atoms with E-state index in [0.717, 1.165) is 24.8 Å². The molecule has 0 rings (SSSR count). The van der Waals surface area contributed by atoms with Crippen molar-refractivity contribution in [1.82, 2.24) is 0 Å². The van der Waals surface area contributed by atoms with Crippen LogP contribution in [0.5, 0.6) is 0 Å². The summed E-state index contributed by atoms with van der Waals surface area (Å²) in [6.07, 6.45) is 6.64. The van der Waals surface area contributed by atoms with Gasteiger partial charge in [-0.25, -0.2) is 4.79 Å². The van der Waals surface area contributed by atoms with Gasteiger partial charge in [0.05, 0.1) is 0 Å². The minimum absolute atomic E-state index is 0.545. The summed E-state index contributed by atoms with van der Waals surface area (Å²) < 4.78 is 0. The van der Waals surface area contributed by atoms with Crippen LogP contribution in [0.15, 0.2) is 11.1 Å². The zero-order chi connectivity index (χ0) is 11.0. The Morgan fingerprint density at radius 1 is 1.14 bits per heavy atom. The summed E-state index contributed by atoms with van der Waals surface area (Å²) in [5, 5.41) is 8.83. The summed E-state index contributed by atoms with van der Waals surface area (Å²) in [7, 11) is 0. The van der Waals surface area contributed by atoms with E-state index in [1.807, 2.05) is 6.92 Å². The molecule has 0 atom stereocenters. The van der Waals surface area contributed by atoms with Crippen LogP contribution in [0.3, 0.4) is 0 Å². The third-order valence-corrected chi connectivity index (χ3v) is 2.61. The molecule has 0 aliphatic rings. The Balaban J connectivity index is 4.02. The van der Waals surface area contributed by atoms with Crippen LogP contribution >= 0.6 is 0 Å². The molecule has 0 radical (unpaired) electrons. The number of carboxylic acids is 1. The van der Waals surface area contributed by atoms with Crippen molar-refractivity contribution in [2.75, 3.05) is 0 Å². The molecule has 0 heterocycles. The molecule has 0 aromatic heterocycles. The molecule has 0 saturated heterocycles. The van der Waals surface area contributed by atoms with E-state index >= 15 is 0 Å². The van der Waals surface area contributed by atoms with E-state index in [0.29, 0.717) is 5.57 Å². The molecule has 2 nitrogen and oxygen atoms in total. The molecule has 0 saturated carbocycles. The molecule has 2 heteroatoms. The lowest BCUT2D eigenvalue weighted by atomic mass is 10.00. The van der Waals surface area contributed by atoms with E-state index in [1.54, 1.807) is 6.92 Å². The van der Waals surface area contributed by atoms with E-state index in [2.05, 4.69) is 6.92 Å². The minimum atomic E-state index is -0.766. The van der Waals surface area contributed by atoms with E-state index < -0.39 is 5.97 Å². The van der Waals surface area contributed by atoms with Gasteiger partial charge in [-0.3, -0.25) is 0 Å². The lowest BCUT2D eigenvalue weighted by molar-refractivity contribution is -0.132. The number of carbonyl (C=O) groups is 1. The normalized spacial score (nSPS) is 12.5. The zero-order valence-corrected chi connectivity index (χ0v) is 9.60. The Hall–Kier alpha value is -0.790. The third-order valence-electron chi connectivity index (χ3n) is 2.61. The van der Waals surface area contributed by atoms with Gasteiger partial charge in [0.15, 0.2) is 0 Å². The van der Waals surface area contributed by atoms with Crippen molar-refractivity contribution in [3.05, 3.63) is 11.1 Å². The van der Waals surface area contributed by atoms with E-state index in [9.17, 15) is 4.79 Å². The van der Waals surface area contributed by atoms with Crippen LogP contribution in [0.2, 0.25) is 0 Å². The molecule has 0 unspecified atom stereocenters. The maximum atomic E-state index is 10.7. The second-order valence-electron chi connectivity index (χ2n) is 3.70. The second-order valence-corrected chi connectivity index (χ2v) is 3.70. The van der Waals surface area contributed by atoms with Crippen molar-refractivity contribution in [3.8, 4) is 0 Å².